The van der Waals surface area contributed by atoms with Crippen LogP contribution in [0.1, 0.15) is 12.8 Å². The number of hydrogen-bond acceptors (Lipinski definition) is 3. The Balaban J connectivity index is 2.39. The molecule has 5 heteroatoms. The highest BCUT2D eigenvalue weighted by atomic mass is 15.1. The van der Waals surface area contributed by atoms with E-state index in [9.17, 15) is 0 Å². The Morgan fingerprint density at radius 1 is 1.27 bits per heavy atom. The Hall–Kier alpha value is -1.71. The number of azide groups is 1. The molecular formula is C10H15N5. The van der Waals surface area contributed by atoms with Crippen molar-refractivity contribution in [2.45, 2.75) is 12.8 Å². The van der Waals surface area contributed by atoms with Gasteiger partial charge in [0.15, 0.2) is 0 Å². The van der Waals surface area contributed by atoms with Crippen molar-refractivity contribution in [3.8, 4) is 0 Å². The van der Waals surface area contributed by atoms with Crippen LogP contribution in [0.25, 0.3) is 10.4 Å². The summed E-state index contributed by atoms with van der Waals surface area (Å²) in [6, 6.07) is 7.36. The van der Waals surface area contributed by atoms with Crippen molar-refractivity contribution in [2.24, 2.45) is 10.8 Å². The van der Waals surface area contributed by atoms with Crippen LogP contribution >= 0.6 is 0 Å². The van der Waals surface area contributed by atoms with E-state index in [2.05, 4.69) is 15.3 Å². The molecule has 0 atom stereocenters. The Kier molecular flexibility index (Phi) is 5.08. The molecule has 15 heavy (non-hydrogen) atoms. The smallest absolute Gasteiger partial charge is 0.0376 e. The third kappa shape index (κ3) is 4.35. The Labute approximate surface area is 88.9 Å². The molecule has 0 bridgehead atoms. The molecule has 80 valence electrons. The Morgan fingerprint density at radius 2 is 2.00 bits per heavy atom. The maximum absolute atomic E-state index is 8.22. The van der Waals surface area contributed by atoms with Crippen LogP contribution in [0.5, 0.6) is 0 Å². The normalized spacial score (nSPS) is 9.40. The van der Waals surface area contributed by atoms with E-state index in [0.29, 0.717) is 5.69 Å². The summed E-state index contributed by atoms with van der Waals surface area (Å²) in [7, 11) is 0. The van der Waals surface area contributed by atoms with Crippen molar-refractivity contribution in [1.82, 2.24) is 0 Å². The first-order valence-electron chi connectivity index (χ1n) is 4.96. The van der Waals surface area contributed by atoms with E-state index in [0.717, 1.165) is 31.6 Å². The van der Waals surface area contributed by atoms with Gasteiger partial charge >= 0.3 is 0 Å². The summed E-state index contributed by atoms with van der Waals surface area (Å²) in [5.74, 6) is 0. The van der Waals surface area contributed by atoms with E-state index in [1.54, 1.807) is 12.1 Å². The highest BCUT2D eigenvalue weighted by Gasteiger charge is 1.91. The largest absolute Gasteiger partial charge is 0.385 e. The van der Waals surface area contributed by atoms with E-state index in [1.807, 2.05) is 12.1 Å². The van der Waals surface area contributed by atoms with Crippen molar-refractivity contribution in [1.29, 1.82) is 0 Å². The van der Waals surface area contributed by atoms with Gasteiger partial charge in [-0.1, -0.05) is 17.2 Å². The van der Waals surface area contributed by atoms with Gasteiger partial charge in [0.25, 0.3) is 0 Å². The fourth-order valence-corrected chi connectivity index (χ4v) is 1.20. The SMILES string of the molecule is [N-]=[N+]=Nc1ccc(NCCCCN)cc1. The molecule has 1 aromatic rings. The van der Waals surface area contributed by atoms with Crippen molar-refractivity contribution >= 4 is 11.4 Å². The molecule has 0 heterocycles. The molecule has 0 radical (unpaired) electrons. The molecule has 0 aliphatic rings. The summed E-state index contributed by atoms with van der Waals surface area (Å²) in [6.07, 6.45) is 2.10. The highest BCUT2D eigenvalue weighted by molar-refractivity contribution is 5.50. The number of anilines is 1. The number of benzene rings is 1. The van der Waals surface area contributed by atoms with E-state index in [-0.39, 0.29) is 0 Å². The van der Waals surface area contributed by atoms with Crippen molar-refractivity contribution in [3.63, 3.8) is 0 Å². The minimum Gasteiger partial charge on any atom is -0.385 e. The van der Waals surface area contributed by atoms with Gasteiger partial charge in [-0.2, -0.15) is 0 Å². The van der Waals surface area contributed by atoms with Crippen LogP contribution in [-0.2, 0) is 0 Å². The molecular weight excluding hydrogens is 190 g/mol. The molecule has 3 N–H and O–H groups in total. The summed E-state index contributed by atoms with van der Waals surface area (Å²) in [4.78, 5) is 2.71. The second-order valence-electron chi connectivity index (χ2n) is 3.16. The fourth-order valence-electron chi connectivity index (χ4n) is 1.20. The number of nitrogens with one attached hydrogen (secondary N) is 1. The van der Waals surface area contributed by atoms with Gasteiger partial charge in [-0.05, 0) is 37.1 Å². The van der Waals surface area contributed by atoms with Crippen LogP contribution < -0.4 is 11.1 Å². The molecule has 1 aromatic carbocycles. The summed E-state index contributed by atoms with van der Waals surface area (Å²) in [5.41, 5.74) is 15.3. The van der Waals surface area contributed by atoms with Crippen molar-refractivity contribution in [3.05, 3.63) is 34.7 Å². The molecule has 0 saturated carbocycles. The molecule has 1 rings (SSSR count). The average molecular weight is 205 g/mol. The van der Waals surface area contributed by atoms with Gasteiger partial charge in [0.05, 0.1) is 0 Å². The topological polar surface area (TPSA) is 86.8 Å². The van der Waals surface area contributed by atoms with Gasteiger partial charge in [-0.3, -0.25) is 0 Å². The zero-order valence-corrected chi connectivity index (χ0v) is 8.56. The average Bonchev–Trinajstić information content (AvgIpc) is 2.27. The van der Waals surface area contributed by atoms with Crippen LogP contribution in [0.3, 0.4) is 0 Å². The molecule has 5 nitrogen and oxygen atoms in total. The second kappa shape index (κ2) is 6.70. The van der Waals surface area contributed by atoms with E-state index in [1.165, 1.54) is 0 Å². The molecule has 0 fully saturated rings. The molecule has 0 saturated heterocycles. The first-order valence-corrected chi connectivity index (χ1v) is 4.96. The van der Waals surface area contributed by atoms with E-state index in [4.69, 9.17) is 11.3 Å². The number of rotatable bonds is 6. The van der Waals surface area contributed by atoms with Crippen molar-refractivity contribution in [2.75, 3.05) is 18.4 Å². The lowest BCUT2D eigenvalue weighted by Crippen LogP contribution is -2.05. The summed E-state index contributed by atoms with van der Waals surface area (Å²) < 4.78 is 0. The standard InChI is InChI=1S/C10H15N5/c11-7-1-2-8-13-9-3-5-10(6-4-9)14-15-12/h3-6,13H,1-2,7-8,11H2. The highest BCUT2D eigenvalue weighted by Crippen LogP contribution is 2.16. The lowest BCUT2D eigenvalue weighted by atomic mass is 10.2. The molecule has 0 aromatic heterocycles. The lowest BCUT2D eigenvalue weighted by molar-refractivity contribution is 0.774. The first kappa shape index (κ1) is 11.4. The zero-order chi connectivity index (χ0) is 10.9. The molecule has 0 spiro atoms. The Morgan fingerprint density at radius 3 is 2.60 bits per heavy atom. The molecule has 0 aliphatic carbocycles. The second-order valence-corrected chi connectivity index (χ2v) is 3.16. The minimum atomic E-state index is 0.630. The van der Waals surface area contributed by atoms with Crippen LogP contribution in [-0.4, -0.2) is 13.1 Å². The third-order valence-corrected chi connectivity index (χ3v) is 1.99. The van der Waals surface area contributed by atoms with Crippen LogP contribution in [0, 0.1) is 0 Å². The van der Waals surface area contributed by atoms with Crippen LogP contribution in [0.2, 0.25) is 0 Å². The molecule has 0 amide bonds. The van der Waals surface area contributed by atoms with Crippen LogP contribution in [0.15, 0.2) is 29.4 Å². The number of hydrogen-bond donors (Lipinski definition) is 2. The lowest BCUT2D eigenvalue weighted by Gasteiger charge is -2.05. The van der Waals surface area contributed by atoms with Gasteiger partial charge in [0.1, 0.15) is 0 Å². The number of nitrogens with zero attached hydrogens (tertiary/aromatic N) is 3. The molecule has 0 aliphatic heterocycles. The fraction of sp³-hybridized carbons (Fsp3) is 0.400. The monoisotopic (exact) mass is 205 g/mol. The van der Waals surface area contributed by atoms with Crippen LogP contribution in [0.4, 0.5) is 11.4 Å². The van der Waals surface area contributed by atoms with Gasteiger partial charge in [-0.25, -0.2) is 0 Å². The van der Waals surface area contributed by atoms with Gasteiger partial charge in [0, 0.05) is 22.8 Å². The predicted octanol–water partition coefficient (Wildman–Crippen LogP) is 2.78. The summed E-state index contributed by atoms with van der Waals surface area (Å²) in [6.45, 7) is 1.65. The number of nitrogens with two attached hydrogens (primary N) is 1. The van der Waals surface area contributed by atoms with Gasteiger partial charge < -0.3 is 11.1 Å². The maximum Gasteiger partial charge on any atom is 0.0376 e. The molecule has 0 unspecified atom stereocenters. The Bertz CT molecular complexity index is 326. The number of unbranched alkanes of at least 4 members (excludes halogenated alkanes) is 1. The van der Waals surface area contributed by atoms with Gasteiger partial charge in [-0.15, -0.1) is 0 Å². The first-order chi connectivity index (χ1) is 7.36. The maximum atomic E-state index is 8.22. The summed E-state index contributed by atoms with van der Waals surface area (Å²) >= 11 is 0. The van der Waals surface area contributed by atoms with Gasteiger partial charge in [0.2, 0.25) is 0 Å². The van der Waals surface area contributed by atoms with E-state index >= 15 is 0 Å². The van der Waals surface area contributed by atoms with Crippen molar-refractivity contribution < 1.29 is 0 Å². The van der Waals surface area contributed by atoms with E-state index < -0.39 is 0 Å². The minimum absolute atomic E-state index is 0.630. The third-order valence-electron chi connectivity index (χ3n) is 1.99. The summed E-state index contributed by atoms with van der Waals surface area (Å²) in [5, 5.41) is 6.75. The predicted molar refractivity (Wildman–Crippen MR) is 62.0 cm³/mol. The quantitative estimate of drug-likeness (QED) is 0.324. The zero-order valence-electron chi connectivity index (χ0n) is 8.56.